The van der Waals surface area contributed by atoms with Crippen molar-refractivity contribution in [3.05, 3.63) is 58.1 Å². The van der Waals surface area contributed by atoms with E-state index in [1.165, 1.54) is 30.3 Å². The topological polar surface area (TPSA) is 66.5 Å². The van der Waals surface area contributed by atoms with Gasteiger partial charge in [0.25, 0.3) is 15.9 Å². The predicted molar refractivity (Wildman–Crippen MR) is 91.9 cm³/mol. The summed E-state index contributed by atoms with van der Waals surface area (Å²) >= 11 is 11.7. The van der Waals surface area contributed by atoms with Gasteiger partial charge < -0.3 is 4.90 Å². The van der Waals surface area contributed by atoms with Crippen molar-refractivity contribution in [2.45, 2.75) is 4.90 Å². The van der Waals surface area contributed by atoms with Crippen LogP contribution in [0.3, 0.4) is 0 Å². The summed E-state index contributed by atoms with van der Waals surface area (Å²) in [5.74, 6) is -0.816. The smallest absolute Gasteiger partial charge is 0.266 e. The number of nitrogens with zero attached hydrogens (tertiary/aromatic N) is 1. The summed E-state index contributed by atoms with van der Waals surface area (Å²) in [6.45, 7) is 0. The SMILES string of the molecule is CN(C)c1ccc(S(=O)(=O)NC(=O)c2ccc(Cl)cc2Cl)cc1. The van der Waals surface area contributed by atoms with Crippen LogP contribution in [-0.2, 0) is 10.0 Å². The molecule has 0 aliphatic rings. The highest BCUT2D eigenvalue weighted by Gasteiger charge is 2.20. The monoisotopic (exact) mass is 372 g/mol. The summed E-state index contributed by atoms with van der Waals surface area (Å²) in [6.07, 6.45) is 0. The number of carbonyl (C=O) groups excluding carboxylic acids is 1. The van der Waals surface area contributed by atoms with Crippen molar-refractivity contribution in [2.24, 2.45) is 0 Å². The van der Waals surface area contributed by atoms with Gasteiger partial charge in [0.1, 0.15) is 0 Å². The van der Waals surface area contributed by atoms with Crippen LogP contribution in [0.15, 0.2) is 47.4 Å². The van der Waals surface area contributed by atoms with Crippen LogP contribution in [0.1, 0.15) is 10.4 Å². The van der Waals surface area contributed by atoms with Crippen LogP contribution in [0.5, 0.6) is 0 Å². The summed E-state index contributed by atoms with van der Waals surface area (Å²) in [5.41, 5.74) is 0.876. The first-order chi connectivity index (χ1) is 10.7. The van der Waals surface area contributed by atoms with Gasteiger partial charge in [-0.15, -0.1) is 0 Å². The third-order valence-corrected chi connectivity index (χ3v) is 4.96. The van der Waals surface area contributed by atoms with Crippen molar-refractivity contribution in [1.82, 2.24) is 4.72 Å². The molecule has 0 radical (unpaired) electrons. The number of hydrogen-bond acceptors (Lipinski definition) is 4. The van der Waals surface area contributed by atoms with Crippen LogP contribution in [0.2, 0.25) is 10.0 Å². The first-order valence-electron chi connectivity index (χ1n) is 6.50. The Morgan fingerprint density at radius 1 is 1.04 bits per heavy atom. The lowest BCUT2D eigenvalue weighted by molar-refractivity contribution is 0.0981. The number of rotatable bonds is 4. The minimum atomic E-state index is -3.99. The van der Waals surface area contributed by atoms with Crippen LogP contribution in [-0.4, -0.2) is 28.4 Å². The standard InChI is InChI=1S/C15H14Cl2N2O3S/c1-19(2)11-4-6-12(7-5-11)23(21,22)18-15(20)13-8-3-10(16)9-14(13)17/h3-9H,1-2H3,(H,18,20). The lowest BCUT2D eigenvalue weighted by Gasteiger charge is -2.13. The Morgan fingerprint density at radius 3 is 2.17 bits per heavy atom. The molecule has 0 unspecified atom stereocenters. The first-order valence-corrected chi connectivity index (χ1v) is 8.74. The number of nitrogens with one attached hydrogen (secondary N) is 1. The molecular formula is C15H14Cl2N2O3S. The molecule has 2 rings (SSSR count). The van der Waals surface area contributed by atoms with Gasteiger partial charge >= 0.3 is 0 Å². The van der Waals surface area contributed by atoms with Gasteiger partial charge in [0.15, 0.2) is 0 Å². The molecule has 23 heavy (non-hydrogen) atoms. The second-order valence-corrected chi connectivity index (χ2v) is 7.47. The van der Waals surface area contributed by atoms with Gasteiger partial charge in [0.2, 0.25) is 0 Å². The average molecular weight is 373 g/mol. The molecule has 0 heterocycles. The molecule has 1 amide bonds. The summed E-state index contributed by atoms with van der Waals surface area (Å²) in [7, 11) is -0.305. The molecule has 122 valence electrons. The molecular weight excluding hydrogens is 359 g/mol. The number of benzene rings is 2. The fourth-order valence-corrected chi connectivity index (χ4v) is 3.29. The normalized spacial score (nSPS) is 11.1. The molecule has 0 atom stereocenters. The third-order valence-electron chi connectivity index (χ3n) is 3.07. The van der Waals surface area contributed by atoms with Gasteiger partial charge in [0, 0.05) is 24.8 Å². The summed E-state index contributed by atoms with van der Waals surface area (Å²) in [4.78, 5) is 13.9. The van der Waals surface area contributed by atoms with E-state index >= 15 is 0 Å². The van der Waals surface area contributed by atoms with Gasteiger partial charge in [-0.05, 0) is 42.5 Å². The molecule has 5 nitrogen and oxygen atoms in total. The minimum absolute atomic E-state index is 0.0125. The molecule has 0 aromatic heterocycles. The summed E-state index contributed by atoms with van der Waals surface area (Å²) in [5, 5.41) is 0.432. The van der Waals surface area contributed by atoms with Crippen LogP contribution in [0.4, 0.5) is 5.69 Å². The number of hydrogen-bond donors (Lipinski definition) is 1. The molecule has 0 saturated heterocycles. The molecule has 0 saturated carbocycles. The van der Waals surface area contributed by atoms with Crippen molar-refractivity contribution in [2.75, 3.05) is 19.0 Å². The van der Waals surface area contributed by atoms with Crippen molar-refractivity contribution in [3.63, 3.8) is 0 Å². The van der Waals surface area contributed by atoms with Crippen LogP contribution in [0.25, 0.3) is 0 Å². The lowest BCUT2D eigenvalue weighted by Crippen LogP contribution is -2.30. The zero-order chi connectivity index (χ0) is 17.2. The average Bonchev–Trinajstić information content (AvgIpc) is 2.46. The quantitative estimate of drug-likeness (QED) is 0.894. The van der Waals surface area contributed by atoms with Crippen molar-refractivity contribution < 1.29 is 13.2 Å². The largest absolute Gasteiger partial charge is 0.378 e. The van der Waals surface area contributed by atoms with E-state index < -0.39 is 15.9 Å². The van der Waals surface area contributed by atoms with Gasteiger partial charge in [-0.2, -0.15) is 0 Å². The van der Waals surface area contributed by atoms with E-state index in [0.29, 0.717) is 5.02 Å². The molecule has 2 aromatic carbocycles. The molecule has 0 fully saturated rings. The van der Waals surface area contributed by atoms with E-state index in [2.05, 4.69) is 0 Å². The van der Waals surface area contributed by atoms with Gasteiger partial charge in [-0.1, -0.05) is 23.2 Å². The second-order valence-electron chi connectivity index (χ2n) is 4.95. The van der Waals surface area contributed by atoms with E-state index in [4.69, 9.17) is 23.2 Å². The number of halogens is 2. The summed E-state index contributed by atoms with van der Waals surface area (Å²) < 4.78 is 26.5. The molecule has 8 heteroatoms. The Kier molecular flexibility index (Phi) is 5.19. The van der Waals surface area contributed by atoms with Crippen molar-refractivity contribution in [1.29, 1.82) is 0 Å². The van der Waals surface area contributed by atoms with E-state index in [9.17, 15) is 13.2 Å². The van der Waals surface area contributed by atoms with Crippen molar-refractivity contribution >= 4 is 44.8 Å². The highest BCUT2D eigenvalue weighted by molar-refractivity contribution is 7.90. The predicted octanol–water partition coefficient (Wildman–Crippen LogP) is 3.18. The Bertz CT molecular complexity index is 834. The number of sulfonamides is 1. The lowest BCUT2D eigenvalue weighted by atomic mass is 10.2. The van der Waals surface area contributed by atoms with Crippen LogP contribution >= 0.6 is 23.2 Å². The van der Waals surface area contributed by atoms with E-state index in [0.717, 1.165) is 5.69 Å². The van der Waals surface area contributed by atoms with E-state index in [1.807, 2.05) is 23.7 Å². The Balaban J connectivity index is 2.25. The third kappa shape index (κ3) is 4.16. The maximum Gasteiger partial charge on any atom is 0.266 e. The molecule has 0 aliphatic carbocycles. The van der Waals surface area contributed by atoms with Gasteiger partial charge in [0.05, 0.1) is 15.5 Å². The fourth-order valence-electron chi connectivity index (χ4n) is 1.83. The maximum absolute atomic E-state index is 12.3. The molecule has 0 bridgehead atoms. The zero-order valence-electron chi connectivity index (χ0n) is 12.4. The van der Waals surface area contributed by atoms with E-state index in [-0.39, 0.29) is 15.5 Å². The Labute approximate surface area is 144 Å². The first kappa shape index (κ1) is 17.6. The van der Waals surface area contributed by atoms with E-state index in [1.54, 1.807) is 12.1 Å². The second kappa shape index (κ2) is 6.78. The Morgan fingerprint density at radius 2 is 1.65 bits per heavy atom. The molecule has 0 aliphatic heterocycles. The maximum atomic E-state index is 12.3. The number of anilines is 1. The number of amides is 1. The fraction of sp³-hybridized carbons (Fsp3) is 0.133. The molecule has 1 N–H and O–H groups in total. The van der Waals surface area contributed by atoms with Gasteiger partial charge in [-0.25, -0.2) is 13.1 Å². The highest BCUT2D eigenvalue weighted by Crippen LogP contribution is 2.22. The number of carbonyl (C=O) groups is 1. The van der Waals surface area contributed by atoms with Crippen molar-refractivity contribution in [3.8, 4) is 0 Å². The van der Waals surface area contributed by atoms with Gasteiger partial charge in [-0.3, -0.25) is 4.79 Å². The van der Waals surface area contributed by atoms with Crippen LogP contribution < -0.4 is 9.62 Å². The highest BCUT2D eigenvalue weighted by atomic mass is 35.5. The Hall–Kier alpha value is -1.76. The molecule has 0 spiro atoms. The summed E-state index contributed by atoms with van der Waals surface area (Å²) in [6, 6.07) is 10.3. The zero-order valence-corrected chi connectivity index (χ0v) is 14.7. The van der Waals surface area contributed by atoms with Crippen LogP contribution in [0, 0.1) is 0 Å². The molecule has 2 aromatic rings. The minimum Gasteiger partial charge on any atom is -0.378 e.